The van der Waals surface area contributed by atoms with Crippen molar-refractivity contribution in [1.82, 2.24) is 0 Å². The van der Waals surface area contributed by atoms with Gasteiger partial charge in [-0.3, -0.25) is 4.79 Å². The summed E-state index contributed by atoms with van der Waals surface area (Å²) in [5.41, 5.74) is 2.61. The van der Waals surface area contributed by atoms with Crippen molar-refractivity contribution in [2.24, 2.45) is 11.3 Å². The van der Waals surface area contributed by atoms with Crippen LogP contribution in [-0.4, -0.2) is 5.91 Å². The van der Waals surface area contributed by atoms with Gasteiger partial charge in [0.2, 0.25) is 0 Å². The number of amides is 1. The molecule has 0 unspecified atom stereocenters. The average molecular weight is 417 g/mol. The quantitative estimate of drug-likeness (QED) is 0.673. The molecule has 0 aliphatic heterocycles. The molecule has 0 saturated carbocycles. The lowest BCUT2D eigenvalue weighted by Gasteiger charge is -2.33. The minimum atomic E-state index is -0.185. The maximum atomic E-state index is 12.6. The van der Waals surface area contributed by atoms with Crippen molar-refractivity contribution >= 4 is 38.2 Å². The number of thiophene rings is 1. The molecule has 5 heteroatoms. The predicted octanol–water partition coefficient (Wildman–Crippen LogP) is 5.79. The Morgan fingerprint density at radius 3 is 2.72 bits per heavy atom. The fourth-order valence-electron chi connectivity index (χ4n) is 3.35. The van der Waals surface area contributed by atoms with Crippen molar-refractivity contribution in [2.45, 2.75) is 40.0 Å². The van der Waals surface area contributed by atoms with Crippen molar-refractivity contribution in [1.29, 1.82) is 5.26 Å². The van der Waals surface area contributed by atoms with Crippen LogP contribution in [0.5, 0.6) is 0 Å². The molecule has 1 N–H and O–H groups in total. The Bertz CT molecular complexity index is 858. The van der Waals surface area contributed by atoms with E-state index in [1.165, 1.54) is 4.88 Å². The van der Waals surface area contributed by atoms with Crippen LogP contribution in [0, 0.1) is 22.7 Å². The number of rotatable bonds is 2. The van der Waals surface area contributed by atoms with Gasteiger partial charge in [-0.2, -0.15) is 5.26 Å². The fourth-order valence-corrected chi connectivity index (χ4v) is 5.08. The third kappa shape index (κ3) is 3.65. The van der Waals surface area contributed by atoms with E-state index in [0.717, 1.165) is 29.3 Å². The topological polar surface area (TPSA) is 52.9 Å². The average Bonchev–Trinajstić information content (AvgIpc) is 2.90. The summed E-state index contributed by atoms with van der Waals surface area (Å²) in [5.74, 6) is 0.423. The fraction of sp³-hybridized carbons (Fsp3) is 0.400. The van der Waals surface area contributed by atoms with Gasteiger partial charge in [0.05, 0.1) is 11.1 Å². The molecule has 3 nitrogen and oxygen atoms in total. The van der Waals surface area contributed by atoms with Gasteiger partial charge in [-0.05, 0) is 64.2 Å². The molecule has 2 aromatic rings. The molecule has 25 heavy (non-hydrogen) atoms. The largest absolute Gasteiger partial charge is 0.312 e. The van der Waals surface area contributed by atoms with Crippen LogP contribution in [0.25, 0.3) is 0 Å². The Hall–Kier alpha value is -1.64. The molecule has 1 aliphatic carbocycles. The first-order chi connectivity index (χ1) is 11.8. The maximum absolute atomic E-state index is 12.6. The van der Waals surface area contributed by atoms with Gasteiger partial charge in [0.1, 0.15) is 11.1 Å². The molecule has 1 heterocycles. The van der Waals surface area contributed by atoms with Gasteiger partial charge in [-0.15, -0.1) is 11.3 Å². The maximum Gasteiger partial charge on any atom is 0.257 e. The molecule has 0 bridgehead atoms. The Balaban J connectivity index is 1.89. The van der Waals surface area contributed by atoms with E-state index in [2.05, 4.69) is 48.1 Å². The first-order valence-electron chi connectivity index (χ1n) is 8.41. The van der Waals surface area contributed by atoms with Crippen LogP contribution < -0.4 is 5.32 Å². The number of nitrogens with one attached hydrogen (secondary N) is 1. The first kappa shape index (κ1) is 18.2. The summed E-state index contributed by atoms with van der Waals surface area (Å²) < 4.78 is 0.750. The zero-order chi connectivity index (χ0) is 18.2. The number of hydrogen-bond donors (Lipinski definition) is 1. The number of nitrogens with zero attached hydrogens (tertiary/aromatic N) is 1. The molecular formula is C20H21BrN2OS. The lowest BCUT2D eigenvalue weighted by Crippen LogP contribution is -2.26. The Labute approximate surface area is 161 Å². The molecular weight excluding hydrogens is 396 g/mol. The van der Waals surface area contributed by atoms with Crippen LogP contribution in [0.15, 0.2) is 28.7 Å². The third-order valence-corrected chi connectivity index (χ3v) is 6.81. The SMILES string of the molecule is CC(C)(C)[C@H]1CCc2c(sc(NC(=O)c3ccccc3Br)c2C#N)C1. The van der Waals surface area contributed by atoms with Crippen LogP contribution in [0.2, 0.25) is 0 Å². The lowest BCUT2D eigenvalue weighted by molar-refractivity contribution is 0.102. The van der Waals surface area contributed by atoms with Gasteiger partial charge in [-0.25, -0.2) is 0 Å². The van der Waals surface area contributed by atoms with Crippen molar-refractivity contribution < 1.29 is 4.79 Å². The summed E-state index contributed by atoms with van der Waals surface area (Å²) in [5, 5.41) is 13.3. The van der Waals surface area contributed by atoms with E-state index in [0.29, 0.717) is 22.0 Å². The minimum Gasteiger partial charge on any atom is -0.312 e. The van der Waals surface area contributed by atoms with Gasteiger partial charge >= 0.3 is 0 Å². The van der Waals surface area contributed by atoms with Crippen molar-refractivity contribution in [3.63, 3.8) is 0 Å². The monoisotopic (exact) mass is 416 g/mol. The molecule has 0 spiro atoms. The lowest BCUT2D eigenvalue weighted by atomic mass is 9.72. The zero-order valence-corrected chi connectivity index (χ0v) is 17.1. The van der Waals surface area contributed by atoms with Crippen LogP contribution in [0.4, 0.5) is 5.00 Å². The van der Waals surface area contributed by atoms with Crippen LogP contribution in [0.1, 0.15) is 53.6 Å². The molecule has 3 rings (SSSR count). The number of anilines is 1. The summed E-state index contributed by atoms with van der Waals surface area (Å²) in [4.78, 5) is 13.9. The van der Waals surface area contributed by atoms with E-state index in [4.69, 9.17) is 0 Å². The van der Waals surface area contributed by atoms with Crippen molar-refractivity contribution in [2.75, 3.05) is 5.32 Å². The molecule has 0 radical (unpaired) electrons. The zero-order valence-electron chi connectivity index (χ0n) is 14.6. The Morgan fingerprint density at radius 2 is 2.08 bits per heavy atom. The van der Waals surface area contributed by atoms with Crippen molar-refractivity contribution in [3.05, 3.63) is 50.3 Å². The molecule has 1 aromatic carbocycles. The van der Waals surface area contributed by atoms with Crippen LogP contribution in [-0.2, 0) is 12.8 Å². The third-order valence-electron chi connectivity index (χ3n) is 4.95. The number of halogens is 1. The van der Waals surface area contributed by atoms with Gasteiger partial charge in [0.15, 0.2) is 0 Å². The Morgan fingerprint density at radius 1 is 1.36 bits per heavy atom. The molecule has 130 valence electrons. The van der Waals surface area contributed by atoms with E-state index in [9.17, 15) is 10.1 Å². The van der Waals surface area contributed by atoms with Gasteiger partial charge in [-0.1, -0.05) is 32.9 Å². The van der Waals surface area contributed by atoms with E-state index >= 15 is 0 Å². The number of benzene rings is 1. The highest BCUT2D eigenvalue weighted by Gasteiger charge is 2.32. The molecule has 0 fully saturated rings. The molecule has 1 amide bonds. The standard InChI is InChI=1S/C20H21BrN2OS/c1-20(2,3)12-8-9-13-15(11-22)19(25-17(13)10-12)23-18(24)14-6-4-5-7-16(14)21/h4-7,12H,8-10H2,1-3H3,(H,23,24)/t12-/m0/s1. The van der Waals surface area contributed by atoms with Crippen molar-refractivity contribution in [3.8, 4) is 6.07 Å². The highest BCUT2D eigenvalue weighted by atomic mass is 79.9. The molecule has 1 aliphatic rings. The number of hydrogen-bond acceptors (Lipinski definition) is 3. The summed E-state index contributed by atoms with van der Waals surface area (Å²) in [7, 11) is 0. The number of carbonyl (C=O) groups excluding carboxylic acids is 1. The summed E-state index contributed by atoms with van der Waals surface area (Å²) in [6.07, 6.45) is 3.00. The number of nitriles is 1. The van der Waals surface area contributed by atoms with E-state index in [1.54, 1.807) is 17.4 Å². The molecule has 0 saturated heterocycles. The second-order valence-electron chi connectivity index (χ2n) is 7.56. The highest BCUT2D eigenvalue weighted by Crippen LogP contribution is 2.44. The summed E-state index contributed by atoms with van der Waals surface area (Å²) in [6.45, 7) is 6.82. The second-order valence-corrected chi connectivity index (χ2v) is 9.52. The van der Waals surface area contributed by atoms with Gasteiger partial charge in [0, 0.05) is 9.35 Å². The van der Waals surface area contributed by atoms with Gasteiger partial charge in [0.25, 0.3) is 5.91 Å². The van der Waals surface area contributed by atoms with E-state index < -0.39 is 0 Å². The number of carbonyl (C=O) groups is 1. The highest BCUT2D eigenvalue weighted by molar-refractivity contribution is 9.10. The molecule has 1 aromatic heterocycles. The van der Waals surface area contributed by atoms with Crippen LogP contribution in [0.3, 0.4) is 0 Å². The smallest absolute Gasteiger partial charge is 0.257 e. The van der Waals surface area contributed by atoms with Crippen LogP contribution >= 0.6 is 27.3 Å². The normalized spacial score (nSPS) is 16.8. The summed E-state index contributed by atoms with van der Waals surface area (Å²) in [6, 6.07) is 9.63. The summed E-state index contributed by atoms with van der Waals surface area (Å²) >= 11 is 4.98. The second kappa shape index (κ2) is 6.93. The minimum absolute atomic E-state index is 0.185. The predicted molar refractivity (Wildman–Crippen MR) is 106 cm³/mol. The van der Waals surface area contributed by atoms with E-state index in [1.807, 2.05) is 18.2 Å². The van der Waals surface area contributed by atoms with Gasteiger partial charge < -0.3 is 5.32 Å². The van der Waals surface area contributed by atoms with E-state index in [-0.39, 0.29) is 11.3 Å². The molecule has 1 atom stereocenters. The Kier molecular flexibility index (Phi) is 5.04. The number of fused-ring (bicyclic) bond motifs is 1. The first-order valence-corrected chi connectivity index (χ1v) is 10.0.